The Morgan fingerprint density at radius 2 is 1.71 bits per heavy atom. The Balaban J connectivity index is 2.02. The zero-order valence-corrected chi connectivity index (χ0v) is 12.8. The molecule has 0 aromatic heterocycles. The van der Waals surface area contributed by atoms with Gasteiger partial charge in [-0.3, -0.25) is 4.90 Å². The van der Waals surface area contributed by atoms with E-state index in [1.54, 1.807) is 12.1 Å². The molecule has 0 amide bonds. The first-order chi connectivity index (χ1) is 9.95. The van der Waals surface area contributed by atoms with Crippen molar-refractivity contribution in [3.8, 4) is 0 Å². The van der Waals surface area contributed by atoms with Crippen molar-refractivity contribution in [2.45, 2.75) is 26.5 Å². The second kappa shape index (κ2) is 6.83. The van der Waals surface area contributed by atoms with Crippen LogP contribution < -0.4 is 0 Å². The van der Waals surface area contributed by atoms with Crippen LogP contribution in [0.3, 0.4) is 0 Å². The topological polar surface area (TPSA) is 23.5 Å². The lowest BCUT2D eigenvalue weighted by atomic mass is 10.0. The molecule has 0 aliphatic carbocycles. The van der Waals surface area contributed by atoms with Crippen molar-refractivity contribution < 1.29 is 9.50 Å². The largest absolute Gasteiger partial charge is 0.387 e. The number of halogens is 1. The Bertz CT molecular complexity index is 592. The van der Waals surface area contributed by atoms with Gasteiger partial charge in [-0.05, 0) is 32.5 Å². The monoisotopic (exact) mass is 287 g/mol. The number of rotatable bonds is 5. The van der Waals surface area contributed by atoms with Crippen LogP contribution in [-0.2, 0) is 6.54 Å². The number of likely N-dealkylation sites (N-methyl/N-ethyl adjacent to an activating group) is 1. The Morgan fingerprint density at radius 1 is 1.10 bits per heavy atom. The lowest BCUT2D eigenvalue weighted by Gasteiger charge is -2.21. The summed E-state index contributed by atoms with van der Waals surface area (Å²) in [6.45, 7) is 4.99. The Kier molecular flexibility index (Phi) is 5.10. The first-order valence-corrected chi connectivity index (χ1v) is 7.14. The summed E-state index contributed by atoms with van der Waals surface area (Å²) in [4.78, 5) is 1.93. The van der Waals surface area contributed by atoms with E-state index in [9.17, 15) is 9.50 Å². The predicted molar refractivity (Wildman–Crippen MR) is 83.6 cm³/mol. The van der Waals surface area contributed by atoms with Crippen molar-refractivity contribution >= 4 is 0 Å². The number of hydrogen-bond acceptors (Lipinski definition) is 2. The SMILES string of the molecule is Cc1cc(C)cc(C(O)CN(C)Cc2ccccc2F)c1. The smallest absolute Gasteiger partial charge is 0.127 e. The molecule has 2 aromatic rings. The summed E-state index contributed by atoms with van der Waals surface area (Å²) in [7, 11) is 1.89. The third kappa shape index (κ3) is 4.38. The highest BCUT2D eigenvalue weighted by Crippen LogP contribution is 2.19. The first kappa shape index (κ1) is 15.7. The van der Waals surface area contributed by atoms with Gasteiger partial charge < -0.3 is 5.11 Å². The maximum absolute atomic E-state index is 13.6. The second-order valence-electron chi connectivity index (χ2n) is 5.73. The van der Waals surface area contributed by atoms with Gasteiger partial charge >= 0.3 is 0 Å². The van der Waals surface area contributed by atoms with E-state index in [-0.39, 0.29) is 5.82 Å². The van der Waals surface area contributed by atoms with Crippen LogP contribution in [0.2, 0.25) is 0 Å². The second-order valence-corrected chi connectivity index (χ2v) is 5.73. The van der Waals surface area contributed by atoms with Crippen LogP contribution in [-0.4, -0.2) is 23.6 Å². The van der Waals surface area contributed by atoms with E-state index in [0.29, 0.717) is 18.7 Å². The van der Waals surface area contributed by atoms with Crippen molar-refractivity contribution in [3.63, 3.8) is 0 Å². The molecule has 0 aliphatic heterocycles. The molecule has 2 nitrogen and oxygen atoms in total. The van der Waals surface area contributed by atoms with Crippen molar-refractivity contribution in [1.29, 1.82) is 0 Å². The minimum Gasteiger partial charge on any atom is -0.387 e. The summed E-state index contributed by atoms with van der Waals surface area (Å²) in [5.74, 6) is -0.203. The van der Waals surface area contributed by atoms with E-state index in [2.05, 4.69) is 6.07 Å². The Hall–Kier alpha value is -1.71. The molecule has 2 aromatic carbocycles. The average molecular weight is 287 g/mol. The van der Waals surface area contributed by atoms with Gasteiger partial charge in [0.15, 0.2) is 0 Å². The molecule has 0 radical (unpaired) electrons. The zero-order chi connectivity index (χ0) is 15.4. The van der Waals surface area contributed by atoms with Crippen LogP contribution in [0.5, 0.6) is 0 Å². The third-order valence-corrected chi connectivity index (χ3v) is 3.51. The van der Waals surface area contributed by atoms with E-state index < -0.39 is 6.10 Å². The van der Waals surface area contributed by atoms with Gasteiger partial charge in [0, 0.05) is 18.7 Å². The van der Waals surface area contributed by atoms with Gasteiger partial charge in [0.1, 0.15) is 5.82 Å². The van der Waals surface area contributed by atoms with Crippen LogP contribution in [0.15, 0.2) is 42.5 Å². The van der Waals surface area contributed by atoms with Crippen LogP contribution in [0.4, 0.5) is 4.39 Å². The molecule has 3 heteroatoms. The van der Waals surface area contributed by atoms with Gasteiger partial charge in [-0.15, -0.1) is 0 Å². The fourth-order valence-electron chi connectivity index (χ4n) is 2.58. The summed E-state index contributed by atoms with van der Waals surface area (Å²) >= 11 is 0. The summed E-state index contributed by atoms with van der Waals surface area (Å²) < 4.78 is 13.6. The fourth-order valence-corrected chi connectivity index (χ4v) is 2.58. The molecule has 0 bridgehead atoms. The number of nitrogens with zero attached hydrogens (tertiary/aromatic N) is 1. The van der Waals surface area contributed by atoms with Crippen molar-refractivity contribution in [2.24, 2.45) is 0 Å². The number of benzene rings is 2. The maximum atomic E-state index is 13.6. The van der Waals surface area contributed by atoms with Crippen LogP contribution in [0.25, 0.3) is 0 Å². The van der Waals surface area contributed by atoms with Gasteiger partial charge in [-0.25, -0.2) is 4.39 Å². The lowest BCUT2D eigenvalue weighted by molar-refractivity contribution is 0.123. The predicted octanol–water partition coefficient (Wildman–Crippen LogP) is 3.61. The highest BCUT2D eigenvalue weighted by Gasteiger charge is 2.13. The van der Waals surface area contributed by atoms with Crippen LogP contribution >= 0.6 is 0 Å². The molecule has 0 saturated carbocycles. The van der Waals surface area contributed by atoms with Gasteiger partial charge in [0.05, 0.1) is 6.10 Å². The summed E-state index contributed by atoms with van der Waals surface area (Å²) in [5.41, 5.74) is 3.84. The molecule has 2 rings (SSSR count). The van der Waals surface area contributed by atoms with Crippen molar-refractivity contribution in [1.82, 2.24) is 4.90 Å². The van der Waals surface area contributed by atoms with E-state index in [1.807, 2.05) is 44.0 Å². The molecule has 1 atom stereocenters. The maximum Gasteiger partial charge on any atom is 0.127 e. The third-order valence-electron chi connectivity index (χ3n) is 3.51. The summed E-state index contributed by atoms with van der Waals surface area (Å²) in [5, 5.41) is 10.4. The van der Waals surface area contributed by atoms with E-state index in [1.165, 1.54) is 6.07 Å². The summed E-state index contributed by atoms with van der Waals surface area (Å²) in [6.07, 6.45) is -0.569. The first-order valence-electron chi connectivity index (χ1n) is 7.14. The molecule has 0 fully saturated rings. The molecule has 0 aliphatic rings. The average Bonchev–Trinajstić information content (AvgIpc) is 2.40. The highest BCUT2D eigenvalue weighted by molar-refractivity contribution is 5.30. The van der Waals surface area contributed by atoms with Gasteiger partial charge in [-0.1, -0.05) is 47.5 Å². The molecule has 21 heavy (non-hydrogen) atoms. The minimum absolute atomic E-state index is 0.203. The number of hydrogen-bond donors (Lipinski definition) is 1. The molecule has 1 N–H and O–H groups in total. The fraction of sp³-hybridized carbons (Fsp3) is 0.333. The standard InChI is InChI=1S/C18H22FNO/c1-13-8-14(2)10-16(9-13)18(21)12-20(3)11-15-6-4-5-7-17(15)19/h4-10,18,21H,11-12H2,1-3H3. The zero-order valence-electron chi connectivity index (χ0n) is 12.8. The minimum atomic E-state index is -0.569. The van der Waals surface area contributed by atoms with Gasteiger partial charge in [-0.2, -0.15) is 0 Å². The highest BCUT2D eigenvalue weighted by atomic mass is 19.1. The van der Waals surface area contributed by atoms with Crippen LogP contribution in [0, 0.1) is 19.7 Å². The van der Waals surface area contributed by atoms with Crippen molar-refractivity contribution in [3.05, 3.63) is 70.5 Å². The van der Waals surface area contributed by atoms with Gasteiger partial charge in [0.2, 0.25) is 0 Å². The number of aryl methyl sites for hydroxylation is 2. The van der Waals surface area contributed by atoms with E-state index >= 15 is 0 Å². The molecule has 0 saturated heterocycles. The Labute approximate surface area is 125 Å². The molecular weight excluding hydrogens is 265 g/mol. The van der Waals surface area contributed by atoms with Crippen LogP contribution in [0.1, 0.15) is 28.4 Å². The van der Waals surface area contributed by atoms with E-state index in [0.717, 1.165) is 16.7 Å². The van der Waals surface area contributed by atoms with E-state index in [4.69, 9.17) is 0 Å². The molecule has 0 spiro atoms. The molecule has 112 valence electrons. The number of aliphatic hydroxyl groups is 1. The quantitative estimate of drug-likeness (QED) is 0.908. The summed E-state index contributed by atoms with van der Waals surface area (Å²) in [6, 6.07) is 12.8. The lowest BCUT2D eigenvalue weighted by Crippen LogP contribution is -2.24. The Morgan fingerprint density at radius 3 is 2.33 bits per heavy atom. The normalized spacial score (nSPS) is 12.7. The molecule has 0 heterocycles. The molecular formula is C18H22FNO. The number of aliphatic hydroxyl groups excluding tert-OH is 1. The van der Waals surface area contributed by atoms with Crippen molar-refractivity contribution in [2.75, 3.05) is 13.6 Å². The van der Waals surface area contributed by atoms with Gasteiger partial charge in [0.25, 0.3) is 0 Å². The molecule has 1 unspecified atom stereocenters.